The van der Waals surface area contributed by atoms with E-state index in [0.717, 1.165) is 0 Å². The quantitative estimate of drug-likeness (QED) is 0.312. The van der Waals surface area contributed by atoms with Crippen molar-refractivity contribution in [1.82, 2.24) is 10.6 Å². The fourth-order valence-corrected chi connectivity index (χ4v) is 2.10. The van der Waals surface area contributed by atoms with Gasteiger partial charge in [0, 0.05) is 25.6 Å². The number of amides is 2. The molecule has 0 aliphatic heterocycles. The average Bonchev–Trinajstić information content (AvgIpc) is 2.37. The van der Waals surface area contributed by atoms with Crippen LogP contribution in [0.1, 0.15) is 32.6 Å². The van der Waals surface area contributed by atoms with Gasteiger partial charge in [-0.3, -0.25) is 14.4 Å². The summed E-state index contributed by atoms with van der Waals surface area (Å²) in [4.78, 5) is 32.5. The number of carboxylic acids is 1. The molecule has 0 aromatic heterocycles. The Morgan fingerprint density at radius 2 is 1.95 bits per heavy atom. The number of unbranched alkanes of at least 4 members (excludes halogenated alkanes) is 1. The molecular formula is C12H23N3O4S. The number of hydrogen-bond donors (Lipinski definition) is 4. The van der Waals surface area contributed by atoms with Gasteiger partial charge in [-0.25, -0.2) is 0 Å². The van der Waals surface area contributed by atoms with E-state index in [9.17, 15) is 14.4 Å². The summed E-state index contributed by atoms with van der Waals surface area (Å²) in [5, 5.41) is 14.0. The van der Waals surface area contributed by atoms with E-state index in [1.165, 1.54) is 18.7 Å². The highest BCUT2D eigenvalue weighted by Gasteiger charge is 2.10. The maximum atomic E-state index is 11.4. The molecule has 0 aromatic carbocycles. The number of thioether (sulfide) groups is 1. The summed E-state index contributed by atoms with van der Waals surface area (Å²) in [6, 6.07) is -0.823. The van der Waals surface area contributed by atoms with Crippen molar-refractivity contribution in [2.75, 3.05) is 18.2 Å². The molecule has 0 fully saturated rings. The number of carbonyl (C=O) groups is 3. The standard InChI is InChI=1S/C12H23N3O4S/c1-9(16)15-8-20-7-5-11(17)14-6-3-2-4-10(13)12(18)19/h10H,2-8,13H2,1H3,(H,14,17)(H,15,16)(H,18,19). The summed E-state index contributed by atoms with van der Waals surface area (Å²) in [6.45, 7) is 1.98. The van der Waals surface area contributed by atoms with Crippen LogP contribution in [-0.2, 0) is 14.4 Å². The van der Waals surface area contributed by atoms with E-state index < -0.39 is 12.0 Å². The van der Waals surface area contributed by atoms with Crippen LogP contribution in [-0.4, -0.2) is 47.1 Å². The van der Waals surface area contributed by atoms with E-state index in [-0.39, 0.29) is 11.8 Å². The maximum Gasteiger partial charge on any atom is 0.320 e. The molecule has 0 spiro atoms. The molecule has 0 heterocycles. The summed E-state index contributed by atoms with van der Waals surface area (Å²) in [6.07, 6.45) is 2.20. The van der Waals surface area contributed by atoms with Crippen LogP contribution in [0.5, 0.6) is 0 Å². The third-order valence-corrected chi connectivity index (χ3v) is 3.32. The summed E-state index contributed by atoms with van der Waals surface area (Å²) in [7, 11) is 0. The molecule has 0 aromatic rings. The highest BCUT2D eigenvalue weighted by atomic mass is 32.2. The maximum absolute atomic E-state index is 11.4. The molecule has 0 saturated carbocycles. The Balaban J connectivity index is 3.37. The zero-order valence-corrected chi connectivity index (χ0v) is 12.5. The van der Waals surface area contributed by atoms with Gasteiger partial charge in [-0.15, -0.1) is 11.8 Å². The Kier molecular flexibility index (Phi) is 10.8. The van der Waals surface area contributed by atoms with Gasteiger partial charge in [0.2, 0.25) is 11.8 Å². The minimum atomic E-state index is -0.995. The zero-order chi connectivity index (χ0) is 15.4. The summed E-state index contributed by atoms with van der Waals surface area (Å²) < 4.78 is 0. The molecule has 5 N–H and O–H groups in total. The molecule has 116 valence electrons. The highest BCUT2D eigenvalue weighted by molar-refractivity contribution is 7.99. The number of carboxylic acid groups (broad SMARTS) is 1. The second-order valence-electron chi connectivity index (χ2n) is 4.33. The second kappa shape index (κ2) is 11.5. The number of hydrogen-bond acceptors (Lipinski definition) is 5. The van der Waals surface area contributed by atoms with E-state index >= 15 is 0 Å². The lowest BCUT2D eigenvalue weighted by Crippen LogP contribution is -2.30. The molecule has 20 heavy (non-hydrogen) atoms. The van der Waals surface area contributed by atoms with E-state index in [2.05, 4.69) is 10.6 Å². The molecule has 7 nitrogen and oxygen atoms in total. The van der Waals surface area contributed by atoms with Gasteiger partial charge in [0.1, 0.15) is 6.04 Å². The van der Waals surface area contributed by atoms with E-state index in [1.54, 1.807) is 0 Å². The third-order valence-electron chi connectivity index (χ3n) is 2.48. The number of nitrogens with two attached hydrogens (primary N) is 1. The summed E-state index contributed by atoms with van der Waals surface area (Å²) in [5.41, 5.74) is 5.35. The minimum Gasteiger partial charge on any atom is -0.480 e. The van der Waals surface area contributed by atoms with Crippen molar-refractivity contribution in [2.45, 2.75) is 38.6 Å². The molecule has 0 saturated heterocycles. The van der Waals surface area contributed by atoms with Crippen LogP contribution in [0.25, 0.3) is 0 Å². The van der Waals surface area contributed by atoms with Crippen molar-refractivity contribution in [2.24, 2.45) is 5.73 Å². The van der Waals surface area contributed by atoms with Crippen LogP contribution in [0, 0.1) is 0 Å². The Hall–Kier alpha value is -1.28. The van der Waals surface area contributed by atoms with E-state index in [1.807, 2.05) is 0 Å². The molecular weight excluding hydrogens is 282 g/mol. The molecule has 2 amide bonds. The SMILES string of the molecule is CC(=O)NCSCCC(=O)NCCCCC(N)C(=O)O. The third kappa shape index (κ3) is 11.8. The highest BCUT2D eigenvalue weighted by Crippen LogP contribution is 2.01. The average molecular weight is 305 g/mol. The predicted octanol–water partition coefficient (Wildman–Crippen LogP) is -0.0983. The normalized spacial score (nSPS) is 11.7. The molecule has 0 rings (SSSR count). The summed E-state index contributed by atoms with van der Waals surface area (Å²) in [5.74, 6) is 0.0423. The van der Waals surface area contributed by atoms with Gasteiger partial charge in [-0.05, 0) is 19.3 Å². The molecule has 1 atom stereocenters. The first-order chi connectivity index (χ1) is 9.43. The van der Waals surface area contributed by atoms with Gasteiger partial charge in [0.05, 0.1) is 5.88 Å². The monoisotopic (exact) mass is 305 g/mol. The van der Waals surface area contributed by atoms with Crippen LogP contribution in [0.4, 0.5) is 0 Å². The Morgan fingerprint density at radius 3 is 2.55 bits per heavy atom. The van der Waals surface area contributed by atoms with Crippen LogP contribution in [0.3, 0.4) is 0 Å². The van der Waals surface area contributed by atoms with Crippen molar-refractivity contribution in [3.05, 3.63) is 0 Å². The van der Waals surface area contributed by atoms with Gasteiger partial charge in [0.15, 0.2) is 0 Å². The van der Waals surface area contributed by atoms with Crippen LogP contribution in [0.2, 0.25) is 0 Å². The molecule has 0 aliphatic rings. The smallest absolute Gasteiger partial charge is 0.320 e. The molecule has 0 radical (unpaired) electrons. The first kappa shape index (κ1) is 18.7. The van der Waals surface area contributed by atoms with Crippen molar-refractivity contribution in [3.8, 4) is 0 Å². The number of aliphatic carboxylic acids is 1. The van der Waals surface area contributed by atoms with Gasteiger partial charge in [-0.2, -0.15) is 0 Å². The van der Waals surface area contributed by atoms with Gasteiger partial charge >= 0.3 is 5.97 Å². The molecule has 0 aliphatic carbocycles. The first-order valence-electron chi connectivity index (χ1n) is 6.50. The Bertz CT molecular complexity index is 326. The van der Waals surface area contributed by atoms with E-state index in [0.29, 0.717) is 43.9 Å². The van der Waals surface area contributed by atoms with Gasteiger partial charge < -0.3 is 21.5 Å². The fourth-order valence-electron chi connectivity index (χ4n) is 1.32. The Labute approximate surface area is 123 Å². The lowest BCUT2D eigenvalue weighted by atomic mass is 10.1. The minimum absolute atomic E-state index is 0.0390. The van der Waals surface area contributed by atoms with Crippen molar-refractivity contribution >= 4 is 29.5 Å². The lowest BCUT2D eigenvalue weighted by Gasteiger charge is -2.07. The van der Waals surface area contributed by atoms with Crippen LogP contribution in [0.15, 0.2) is 0 Å². The first-order valence-corrected chi connectivity index (χ1v) is 7.66. The van der Waals surface area contributed by atoms with E-state index in [4.69, 9.17) is 10.8 Å². The van der Waals surface area contributed by atoms with Crippen molar-refractivity contribution < 1.29 is 19.5 Å². The van der Waals surface area contributed by atoms with Crippen molar-refractivity contribution in [1.29, 1.82) is 0 Å². The number of rotatable bonds is 11. The lowest BCUT2D eigenvalue weighted by molar-refractivity contribution is -0.138. The zero-order valence-electron chi connectivity index (χ0n) is 11.7. The molecule has 0 bridgehead atoms. The van der Waals surface area contributed by atoms with Crippen LogP contribution < -0.4 is 16.4 Å². The largest absolute Gasteiger partial charge is 0.480 e. The molecule has 8 heteroatoms. The predicted molar refractivity (Wildman–Crippen MR) is 78.2 cm³/mol. The van der Waals surface area contributed by atoms with Gasteiger partial charge in [0.25, 0.3) is 0 Å². The van der Waals surface area contributed by atoms with Gasteiger partial charge in [-0.1, -0.05) is 0 Å². The van der Waals surface area contributed by atoms with Crippen molar-refractivity contribution in [3.63, 3.8) is 0 Å². The second-order valence-corrected chi connectivity index (χ2v) is 5.43. The number of nitrogens with one attached hydrogen (secondary N) is 2. The topological polar surface area (TPSA) is 122 Å². The number of carbonyl (C=O) groups excluding carboxylic acids is 2. The Morgan fingerprint density at radius 1 is 1.25 bits per heavy atom. The molecule has 1 unspecified atom stereocenters. The fraction of sp³-hybridized carbons (Fsp3) is 0.750. The van der Waals surface area contributed by atoms with Crippen LogP contribution >= 0.6 is 11.8 Å². The summed E-state index contributed by atoms with van der Waals surface area (Å²) >= 11 is 1.49.